The van der Waals surface area contributed by atoms with E-state index in [1.807, 2.05) is 0 Å². The average Bonchev–Trinajstić information content (AvgIpc) is 2.92. The Kier molecular flexibility index (Phi) is 5.11. The van der Waals surface area contributed by atoms with Crippen LogP contribution in [-0.2, 0) is 23.8 Å². The van der Waals surface area contributed by atoms with Gasteiger partial charge >= 0.3 is 11.9 Å². The van der Waals surface area contributed by atoms with Crippen LogP contribution >= 0.6 is 0 Å². The number of carbonyl (C=O) groups is 3. The maximum Gasteiger partial charge on any atom is 0.355 e. The van der Waals surface area contributed by atoms with Crippen LogP contribution in [0.2, 0.25) is 0 Å². The van der Waals surface area contributed by atoms with Crippen LogP contribution < -0.4 is 15.0 Å². The van der Waals surface area contributed by atoms with Crippen LogP contribution in [0.1, 0.15) is 10.4 Å². The van der Waals surface area contributed by atoms with E-state index in [4.69, 9.17) is 18.9 Å². The van der Waals surface area contributed by atoms with Crippen LogP contribution in [0.4, 0.5) is 11.4 Å². The predicted octanol–water partition coefficient (Wildman–Crippen LogP) is 2.44. The quantitative estimate of drug-likeness (QED) is 0.770. The number of nitrogens with one attached hydrogen (secondary N) is 1. The lowest BCUT2D eigenvalue weighted by atomic mass is 10.1. The molecule has 9 heteroatoms. The number of hydrogen-bond donors (Lipinski definition) is 1. The highest BCUT2D eigenvalue weighted by Crippen LogP contribution is 2.38. The Morgan fingerprint density at radius 1 is 1.03 bits per heavy atom. The summed E-state index contributed by atoms with van der Waals surface area (Å²) in [5, 5.41) is 2.80. The second kappa shape index (κ2) is 7.88. The van der Waals surface area contributed by atoms with Crippen LogP contribution in [-0.4, -0.2) is 45.4 Å². The Bertz CT molecular complexity index is 1080. The molecule has 0 spiro atoms. The first-order valence-electron chi connectivity index (χ1n) is 9.01. The summed E-state index contributed by atoms with van der Waals surface area (Å²) in [6.45, 7) is -0.121. The number of fused-ring (bicyclic) bond motifs is 2. The zero-order chi connectivity index (χ0) is 21.3. The number of benzene rings is 2. The molecule has 4 rings (SSSR count). The van der Waals surface area contributed by atoms with E-state index in [2.05, 4.69) is 5.32 Å². The third-order valence-corrected chi connectivity index (χ3v) is 4.71. The first-order chi connectivity index (χ1) is 14.5. The van der Waals surface area contributed by atoms with Gasteiger partial charge in [0.05, 0.1) is 37.7 Å². The van der Waals surface area contributed by atoms with Gasteiger partial charge in [0.1, 0.15) is 18.2 Å². The van der Waals surface area contributed by atoms with Crippen LogP contribution in [0, 0.1) is 0 Å². The number of carbonyl (C=O) groups excluding carboxylic acids is 3. The van der Waals surface area contributed by atoms with Gasteiger partial charge in [0.2, 0.25) is 0 Å². The lowest BCUT2D eigenvalue weighted by molar-refractivity contribution is -0.140. The van der Waals surface area contributed by atoms with Crippen molar-refractivity contribution in [2.75, 3.05) is 37.8 Å². The second-order valence-corrected chi connectivity index (χ2v) is 6.45. The normalized spacial score (nSPS) is 15.3. The van der Waals surface area contributed by atoms with Crippen molar-refractivity contribution in [3.63, 3.8) is 0 Å². The smallest absolute Gasteiger partial charge is 0.355 e. The molecule has 0 unspecified atom stereocenters. The molecule has 9 nitrogen and oxygen atoms in total. The number of amides is 1. The summed E-state index contributed by atoms with van der Waals surface area (Å²) in [5.41, 5.74) is 1.27. The highest BCUT2D eigenvalue weighted by atomic mass is 16.5. The predicted molar refractivity (Wildman–Crippen MR) is 105 cm³/mol. The van der Waals surface area contributed by atoms with E-state index in [-0.39, 0.29) is 36.1 Å². The maximum absolute atomic E-state index is 12.8. The third-order valence-electron chi connectivity index (χ3n) is 4.71. The molecule has 0 aromatic heterocycles. The van der Waals surface area contributed by atoms with Crippen LogP contribution in [0.15, 0.2) is 53.7 Å². The minimum absolute atomic E-state index is 0.00576. The summed E-state index contributed by atoms with van der Waals surface area (Å²) in [7, 11) is 2.43. The van der Waals surface area contributed by atoms with Crippen molar-refractivity contribution >= 4 is 29.2 Å². The molecule has 0 fully saturated rings. The minimum Gasteiger partial charge on any atom is -0.466 e. The van der Waals surface area contributed by atoms with Crippen molar-refractivity contribution in [2.45, 2.75) is 0 Å². The van der Waals surface area contributed by atoms with Gasteiger partial charge in [-0.1, -0.05) is 12.1 Å². The van der Waals surface area contributed by atoms with Crippen molar-refractivity contribution < 1.29 is 33.3 Å². The molecule has 0 aliphatic carbocycles. The molecule has 1 N–H and O–H groups in total. The molecule has 1 amide bonds. The molecule has 0 atom stereocenters. The Balaban J connectivity index is 1.78. The van der Waals surface area contributed by atoms with Crippen molar-refractivity contribution in [3.8, 4) is 11.5 Å². The van der Waals surface area contributed by atoms with Gasteiger partial charge in [-0.05, 0) is 30.3 Å². The number of hydrogen-bond acceptors (Lipinski definition) is 8. The highest BCUT2D eigenvalue weighted by Gasteiger charge is 2.33. The van der Waals surface area contributed by atoms with Crippen molar-refractivity contribution in [1.82, 2.24) is 0 Å². The van der Waals surface area contributed by atoms with Gasteiger partial charge < -0.3 is 29.2 Å². The van der Waals surface area contributed by atoms with E-state index in [1.165, 1.54) is 19.1 Å². The average molecular weight is 410 g/mol. The minimum atomic E-state index is -0.721. The lowest BCUT2D eigenvalue weighted by Crippen LogP contribution is -2.38. The molecular formula is C21H18N2O7. The van der Waals surface area contributed by atoms with Crippen molar-refractivity contribution in [3.05, 3.63) is 59.3 Å². The topological polar surface area (TPSA) is 103 Å². The first-order valence-corrected chi connectivity index (χ1v) is 9.01. The maximum atomic E-state index is 12.8. The van der Waals surface area contributed by atoms with Crippen molar-refractivity contribution in [2.24, 2.45) is 0 Å². The van der Waals surface area contributed by atoms with Gasteiger partial charge in [0, 0.05) is 5.69 Å². The lowest BCUT2D eigenvalue weighted by Gasteiger charge is -2.31. The summed E-state index contributed by atoms with van der Waals surface area (Å²) in [6.07, 6.45) is 0. The number of nitrogens with zero attached hydrogens (tertiary/aromatic N) is 1. The number of esters is 2. The Hall–Kier alpha value is -3.85. The second-order valence-electron chi connectivity index (χ2n) is 6.45. The molecule has 2 aliphatic rings. The van der Waals surface area contributed by atoms with Gasteiger partial charge in [-0.25, -0.2) is 9.59 Å². The molecular weight excluding hydrogens is 392 g/mol. The van der Waals surface area contributed by atoms with Gasteiger partial charge in [-0.3, -0.25) is 4.79 Å². The van der Waals surface area contributed by atoms with E-state index in [0.29, 0.717) is 22.9 Å². The van der Waals surface area contributed by atoms with E-state index < -0.39 is 11.9 Å². The molecule has 2 aromatic rings. The monoisotopic (exact) mass is 410 g/mol. The number of ether oxygens (including phenoxy) is 4. The summed E-state index contributed by atoms with van der Waals surface area (Å²) < 4.78 is 21.0. The zero-order valence-corrected chi connectivity index (χ0v) is 16.3. The first kappa shape index (κ1) is 19.5. The van der Waals surface area contributed by atoms with E-state index in [1.54, 1.807) is 42.5 Å². The summed E-state index contributed by atoms with van der Waals surface area (Å²) in [5.74, 6) is -0.919. The Labute approximate surface area is 171 Å². The van der Waals surface area contributed by atoms with Gasteiger partial charge in [-0.15, -0.1) is 0 Å². The molecule has 2 heterocycles. The SMILES string of the molecule is COC(=O)C1=C(C(=O)OC)N(c2ccc3c(c2)C(=O)Nc2ccccc2O3)COC1. The standard InChI is InChI=1S/C21H18N2O7/c1-27-20(25)14-10-29-11-23(18(14)21(26)28-2)12-7-8-16-13(9-12)19(24)22-15-5-3-4-6-17(15)30-16/h3-9H,10-11H2,1-2H3,(H,22,24). The molecule has 2 aromatic carbocycles. The number of methoxy groups -OCH3 is 2. The highest BCUT2D eigenvalue weighted by molar-refractivity contribution is 6.09. The summed E-state index contributed by atoms with van der Waals surface area (Å²) in [6, 6.07) is 11.9. The van der Waals surface area contributed by atoms with Gasteiger partial charge in [0.15, 0.2) is 5.75 Å². The number of para-hydroxylation sites is 2. The van der Waals surface area contributed by atoms with Crippen LogP contribution in [0.3, 0.4) is 0 Å². The fraction of sp³-hybridized carbons (Fsp3) is 0.190. The molecule has 2 aliphatic heterocycles. The number of anilines is 2. The molecule has 0 saturated carbocycles. The largest absolute Gasteiger partial charge is 0.466 e. The Morgan fingerprint density at radius 2 is 1.80 bits per heavy atom. The molecule has 154 valence electrons. The summed E-state index contributed by atoms with van der Waals surface area (Å²) in [4.78, 5) is 38.8. The van der Waals surface area contributed by atoms with E-state index >= 15 is 0 Å². The molecule has 30 heavy (non-hydrogen) atoms. The molecule has 0 saturated heterocycles. The van der Waals surface area contributed by atoms with Gasteiger partial charge in [-0.2, -0.15) is 0 Å². The molecule has 0 radical (unpaired) electrons. The number of rotatable bonds is 3. The fourth-order valence-corrected chi connectivity index (χ4v) is 3.27. The van der Waals surface area contributed by atoms with Crippen molar-refractivity contribution in [1.29, 1.82) is 0 Å². The van der Waals surface area contributed by atoms with E-state index in [9.17, 15) is 14.4 Å². The van der Waals surface area contributed by atoms with Crippen LogP contribution in [0.25, 0.3) is 0 Å². The third kappa shape index (κ3) is 3.35. The van der Waals surface area contributed by atoms with E-state index in [0.717, 1.165) is 0 Å². The van der Waals surface area contributed by atoms with Gasteiger partial charge in [0.25, 0.3) is 5.91 Å². The fourth-order valence-electron chi connectivity index (χ4n) is 3.27. The van der Waals surface area contributed by atoms with Crippen LogP contribution in [0.5, 0.6) is 11.5 Å². The molecule has 0 bridgehead atoms. The zero-order valence-electron chi connectivity index (χ0n) is 16.3. The summed E-state index contributed by atoms with van der Waals surface area (Å²) >= 11 is 0. The Morgan fingerprint density at radius 3 is 2.57 bits per heavy atom.